The van der Waals surface area contributed by atoms with E-state index in [0.29, 0.717) is 5.69 Å². The molecule has 0 saturated heterocycles. The number of ether oxygens (including phenoxy) is 1. The predicted octanol–water partition coefficient (Wildman–Crippen LogP) is 2.12. The largest absolute Gasteiger partial charge is 0.481 e. The zero-order chi connectivity index (χ0) is 24.6. The number of aliphatic carboxylic acids is 3. The van der Waals surface area contributed by atoms with E-state index in [4.69, 9.17) is 4.74 Å². The third kappa shape index (κ3) is 6.29. The lowest BCUT2D eigenvalue weighted by Crippen LogP contribution is -2.52. The first-order valence-electron chi connectivity index (χ1n) is 10.2. The highest BCUT2D eigenvalue weighted by Crippen LogP contribution is 2.35. The quantitative estimate of drug-likeness (QED) is 0.405. The summed E-state index contributed by atoms with van der Waals surface area (Å²) in [5.74, 6) is -13.6. The number of hydrogen-bond donors (Lipinski definition) is 3. The van der Waals surface area contributed by atoms with Crippen molar-refractivity contribution in [2.24, 2.45) is 23.7 Å². The Morgan fingerprint density at radius 2 is 1.41 bits per heavy atom. The fourth-order valence-electron chi connectivity index (χ4n) is 3.78. The second kappa shape index (κ2) is 11.8. The van der Waals surface area contributed by atoms with Gasteiger partial charge in [-0.05, 0) is 25.5 Å². The summed E-state index contributed by atoms with van der Waals surface area (Å²) in [6.45, 7) is 5.49. The highest BCUT2D eigenvalue weighted by atomic mass is 16.5. The van der Waals surface area contributed by atoms with Crippen LogP contribution in [0.15, 0.2) is 30.3 Å². The van der Waals surface area contributed by atoms with E-state index >= 15 is 0 Å². The lowest BCUT2D eigenvalue weighted by atomic mass is 9.72. The van der Waals surface area contributed by atoms with Crippen LogP contribution in [0.5, 0.6) is 0 Å². The number of carbonyl (C=O) groups excluding carboxylic acids is 2. The van der Waals surface area contributed by atoms with Crippen LogP contribution in [0.2, 0.25) is 0 Å². The molecule has 5 atom stereocenters. The second-order valence-corrected chi connectivity index (χ2v) is 7.35. The predicted molar refractivity (Wildman–Crippen MR) is 113 cm³/mol. The first-order chi connectivity index (χ1) is 15.0. The molecule has 10 nitrogen and oxygen atoms in total. The van der Waals surface area contributed by atoms with Crippen LogP contribution >= 0.6 is 0 Å². The van der Waals surface area contributed by atoms with Crippen molar-refractivity contribution >= 4 is 35.5 Å². The molecule has 0 spiro atoms. The molecule has 32 heavy (non-hydrogen) atoms. The summed E-state index contributed by atoms with van der Waals surface area (Å²) < 4.78 is 5.22. The maximum absolute atomic E-state index is 13.7. The third-order valence-electron chi connectivity index (χ3n) is 5.33. The lowest BCUT2D eigenvalue weighted by Gasteiger charge is -2.36. The molecule has 0 aromatic heterocycles. The van der Waals surface area contributed by atoms with Gasteiger partial charge in [0, 0.05) is 19.2 Å². The Morgan fingerprint density at radius 3 is 1.78 bits per heavy atom. The van der Waals surface area contributed by atoms with Gasteiger partial charge < -0.3 is 25.0 Å². The molecule has 1 aromatic rings. The third-order valence-corrected chi connectivity index (χ3v) is 5.33. The minimum Gasteiger partial charge on any atom is -0.481 e. The number of rotatable bonds is 12. The van der Waals surface area contributed by atoms with Crippen LogP contribution in [0.3, 0.4) is 0 Å². The van der Waals surface area contributed by atoms with Crippen molar-refractivity contribution in [2.75, 3.05) is 11.4 Å². The number of hydrogen-bond acceptors (Lipinski definition) is 6. The SMILES string of the molecule is CCC(OC(C)=O)C(C(=O)N(CC)c1ccccc1)C(C(=O)O)C(C(=O)O)C(C)C(=O)O. The van der Waals surface area contributed by atoms with Crippen LogP contribution in [-0.4, -0.2) is 57.8 Å². The Hall–Kier alpha value is -3.43. The maximum atomic E-state index is 13.7. The van der Waals surface area contributed by atoms with Crippen LogP contribution in [0.1, 0.15) is 34.1 Å². The molecule has 3 N–H and O–H groups in total. The summed E-state index contributed by atoms with van der Waals surface area (Å²) in [5, 5.41) is 29.1. The molecule has 0 aliphatic heterocycles. The van der Waals surface area contributed by atoms with Crippen molar-refractivity contribution in [3.63, 3.8) is 0 Å². The normalized spacial score (nSPS) is 15.5. The number of amides is 1. The minimum absolute atomic E-state index is 0.0138. The highest BCUT2D eigenvalue weighted by Gasteiger charge is 2.51. The van der Waals surface area contributed by atoms with Crippen molar-refractivity contribution in [1.82, 2.24) is 0 Å². The number of para-hydroxylation sites is 1. The molecule has 0 saturated carbocycles. The van der Waals surface area contributed by atoms with Gasteiger partial charge in [-0.25, -0.2) is 0 Å². The summed E-state index contributed by atoms with van der Waals surface area (Å²) in [6.07, 6.45) is -1.26. The average Bonchev–Trinajstić information content (AvgIpc) is 2.72. The first kappa shape index (κ1) is 26.6. The number of esters is 1. The minimum atomic E-state index is -1.96. The van der Waals surface area contributed by atoms with Crippen LogP contribution in [0.4, 0.5) is 5.69 Å². The molecule has 0 aliphatic carbocycles. The monoisotopic (exact) mass is 451 g/mol. The number of carboxylic acids is 3. The first-order valence-corrected chi connectivity index (χ1v) is 10.2. The molecule has 0 heterocycles. The van der Waals surface area contributed by atoms with Crippen molar-refractivity contribution in [1.29, 1.82) is 0 Å². The van der Waals surface area contributed by atoms with Crippen molar-refractivity contribution < 1.29 is 44.0 Å². The van der Waals surface area contributed by atoms with Crippen molar-refractivity contribution in [3.05, 3.63) is 30.3 Å². The van der Waals surface area contributed by atoms with E-state index in [1.165, 1.54) is 4.90 Å². The van der Waals surface area contributed by atoms with Crippen LogP contribution in [0.25, 0.3) is 0 Å². The van der Waals surface area contributed by atoms with E-state index in [2.05, 4.69) is 0 Å². The lowest BCUT2D eigenvalue weighted by molar-refractivity contribution is -0.171. The maximum Gasteiger partial charge on any atom is 0.308 e. The topological polar surface area (TPSA) is 159 Å². The Bertz CT molecular complexity index is 839. The van der Waals surface area contributed by atoms with Gasteiger partial charge in [-0.1, -0.05) is 32.0 Å². The van der Waals surface area contributed by atoms with Crippen LogP contribution in [-0.2, 0) is 28.7 Å². The van der Waals surface area contributed by atoms with Gasteiger partial charge in [0.2, 0.25) is 5.91 Å². The van der Waals surface area contributed by atoms with Gasteiger partial charge in [0.1, 0.15) is 6.10 Å². The van der Waals surface area contributed by atoms with E-state index in [-0.39, 0.29) is 13.0 Å². The zero-order valence-electron chi connectivity index (χ0n) is 18.4. The van der Waals surface area contributed by atoms with Gasteiger partial charge in [-0.15, -0.1) is 0 Å². The molecule has 0 aliphatic rings. The molecule has 0 bridgehead atoms. The zero-order valence-corrected chi connectivity index (χ0v) is 18.4. The standard InChI is InChI=1S/C22H29NO9/c1-5-15(32-13(4)24)17(19(25)23(6-2)14-10-8-7-9-11-14)18(22(30)31)16(21(28)29)12(3)20(26)27/h7-12,15-18H,5-6H2,1-4H3,(H,26,27)(H,28,29)(H,30,31). The molecular weight excluding hydrogens is 422 g/mol. The smallest absolute Gasteiger partial charge is 0.308 e. The molecule has 176 valence electrons. The molecule has 1 amide bonds. The summed E-state index contributed by atoms with van der Waals surface area (Å²) in [4.78, 5) is 62.5. The summed E-state index contributed by atoms with van der Waals surface area (Å²) in [6, 6.07) is 8.31. The van der Waals surface area contributed by atoms with Crippen LogP contribution < -0.4 is 4.90 Å². The fourth-order valence-corrected chi connectivity index (χ4v) is 3.78. The molecule has 5 unspecified atom stereocenters. The van der Waals surface area contributed by atoms with Crippen molar-refractivity contribution in [3.8, 4) is 0 Å². The second-order valence-electron chi connectivity index (χ2n) is 7.35. The van der Waals surface area contributed by atoms with E-state index in [9.17, 15) is 39.3 Å². The Labute approximate surface area is 185 Å². The molecule has 1 rings (SSSR count). The van der Waals surface area contributed by atoms with Gasteiger partial charge in [0.25, 0.3) is 0 Å². The van der Waals surface area contributed by atoms with Gasteiger partial charge in [0.15, 0.2) is 0 Å². The molecule has 1 aromatic carbocycles. The Kier molecular flexibility index (Phi) is 9.83. The van der Waals surface area contributed by atoms with Crippen LogP contribution in [0, 0.1) is 23.7 Å². The average molecular weight is 451 g/mol. The summed E-state index contributed by atoms with van der Waals surface area (Å²) >= 11 is 0. The number of nitrogens with zero attached hydrogens (tertiary/aromatic N) is 1. The molecule has 0 fully saturated rings. The molecular formula is C22H29NO9. The van der Waals surface area contributed by atoms with Gasteiger partial charge >= 0.3 is 23.9 Å². The number of benzene rings is 1. The highest BCUT2D eigenvalue weighted by molar-refractivity contribution is 5.99. The Morgan fingerprint density at radius 1 is 0.875 bits per heavy atom. The fraction of sp³-hybridized carbons (Fsp3) is 0.500. The number of carboxylic acid groups (broad SMARTS) is 3. The molecule has 10 heteroatoms. The number of carbonyl (C=O) groups is 5. The van der Waals surface area contributed by atoms with E-state index in [1.54, 1.807) is 44.2 Å². The van der Waals surface area contributed by atoms with E-state index in [0.717, 1.165) is 13.8 Å². The van der Waals surface area contributed by atoms with E-state index in [1.807, 2.05) is 0 Å². The number of anilines is 1. The van der Waals surface area contributed by atoms with E-state index < -0.39 is 59.6 Å². The van der Waals surface area contributed by atoms with Gasteiger partial charge in [-0.3, -0.25) is 24.0 Å². The van der Waals surface area contributed by atoms with Gasteiger partial charge in [0.05, 0.1) is 23.7 Å². The van der Waals surface area contributed by atoms with Crippen molar-refractivity contribution in [2.45, 2.75) is 40.2 Å². The van der Waals surface area contributed by atoms with Gasteiger partial charge in [-0.2, -0.15) is 0 Å². The summed E-state index contributed by atoms with van der Waals surface area (Å²) in [7, 11) is 0. The Balaban J connectivity index is 3.71. The summed E-state index contributed by atoms with van der Waals surface area (Å²) in [5.41, 5.74) is 0.435. The molecule has 0 radical (unpaired) electrons.